The Balaban J connectivity index is 1.65. The van der Waals surface area contributed by atoms with Crippen LogP contribution < -0.4 is 5.32 Å². The van der Waals surface area contributed by atoms with Crippen LogP contribution >= 0.6 is 23.4 Å². The SMILES string of the molecule is CC(=O)c1ccc(SCC(=O)Nc2ccc(C(C#N)c3ccccc3)c(Cl)c2)c(F)c1. The Morgan fingerprint density at radius 3 is 2.48 bits per heavy atom. The monoisotopic (exact) mass is 452 g/mol. The smallest absolute Gasteiger partial charge is 0.234 e. The molecule has 0 radical (unpaired) electrons. The van der Waals surface area contributed by atoms with Crippen LogP contribution in [0.3, 0.4) is 0 Å². The van der Waals surface area contributed by atoms with E-state index in [0.717, 1.165) is 17.3 Å². The molecule has 0 fully saturated rings. The molecule has 0 aliphatic carbocycles. The first-order valence-electron chi connectivity index (χ1n) is 9.36. The number of ketones is 1. The summed E-state index contributed by atoms with van der Waals surface area (Å²) >= 11 is 7.42. The third-order valence-electron chi connectivity index (χ3n) is 4.55. The number of nitrogens with zero attached hydrogens (tertiary/aromatic N) is 1. The van der Waals surface area contributed by atoms with Crippen LogP contribution in [0.4, 0.5) is 10.1 Å². The van der Waals surface area contributed by atoms with Gasteiger partial charge in [0, 0.05) is 21.2 Å². The second-order valence-corrected chi connectivity index (χ2v) is 8.17. The molecule has 31 heavy (non-hydrogen) atoms. The number of carbonyl (C=O) groups is 2. The Hall–Kier alpha value is -3.14. The predicted octanol–water partition coefficient (Wildman–Crippen LogP) is 6.07. The van der Waals surface area contributed by atoms with Gasteiger partial charge in [-0.05, 0) is 42.3 Å². The zero-order chi connectivity index (χ0) is 22.4. The molecule has 156 valence electrons. The standard InChI is InChI=1S/C24H18ClFN2O2S/c1-15(29)17-7-10-23(22(26)11-17)31-14-24(30)28-18-8-9-19(21(25)12-18)20(13-27)16-5-3-2-4-6-16/h2-12,20H,14H2,1H3,(H,28,30). The first-order chi connectivity index (χ1) is 14.9. The van der Waals surface area contributed by atoms with Crippen LogP contribution in [0, 0.1) is 17.1 Å². The minimum absolute atomic E-state index is 0.0133. The summed E-state index contributed by atoms with van der Waals surface area (Å²) in [6.45, 7) is 1.37. The summed E-state index contributed by atoms with van der Waals surface area (Å²) < 4.78 is 14.1. The van der Waals surface area contributed by atoms with E-state index < -0.39 is 11.7 Å². The lowest BCUT2D eigenvalue weighted by Crippen LogP contribution is -2.14. The fourth-order valence-corrected chi connectivity index (χ4v) is 3.99. The topological polar surface area (TPSA) is 70.0 Å². The van der Waals surface area contributed by atoms with Gasteiger partial charge in [0.2, 0.25) is 5.91 Å². The van der Waals surface area contributed by atoms with E-state index in [-0.39, 0.29) is 27.9 Å². The van der Waals surface area contributed by atoms with Crippen LogP contribution in [0.15, 0.2) is 71.6 Å². The van der Waals surface area contributed by atoms with Crippen LogP contribution in [0.1, 0.15) is 34.3 Å². The first kappa shape index (κ1) is 22.5. The Morgan fingerprint density at radius 1 is 1.13 bits per heavy atom. The maximum atomic E-state index is 14.1. The fraction of sp³-hybridized carbons (Fsp3) is 0.125. The zero-order valence-electron chi connectivity index (χ0n) is 16.6. The lowest BCUT2D eigenvalue weighted by Gasteiger charge is -2.13. The summed E-state index contributed by atoms with van der Waals surface area (Å²) in [7, 11) is 0. The Labute approximate surface area is 189 Å². The van der Waals surface area contributed by atoms with Gasteiger partial charge in [-0.2, -0.15) is 5.26 Å². The number of halogens is 2. The van der Waals surface area contributed by atoms with Gasteiger partial charge >= 0.3 is 0 Å². The van der Waals surface area contributed by atoms with Gasteiger partial charge in [-0.15, -0.1) is 11.8 Å². The Kier molecular flexibility index (Phi) is 7.45. The number of rotatable bonds is 7. The highest BCUT2D eigenvalue weighted by atomic mass is 35.5. The number of amides is 1. The van der Waals surface area contributed by atoms with E-state index in [0.29, 0.717) is 16.3 Å². The summed E-state index contributed by atoms with van der Waals surface area (Å²) in [5.41, 5.74) is 2.25. The summed E-state index contributed by atoms with van der Waals surface area (Å²) in [6, 6.07) is 20.7. The number of anilines is 1. The molecule has 0 bridgehead atoms. The van der Waals surface area contributed by atoms with Crippen molar-refractivity contribution in [3.8, 4) is 6.07 Å². The molecule has 3 aromatic carbocycles. The average Bonchev–Trinajstić information content (AvgIpc) is 2.75. The van der Waals surface area contributed by atoms with Gasteiger partial charge in [-0.25, -0.2) is 4.39 Å². The van der Waals surface area contributed by atoms with Crippen molar-refractivity contribution < 1.29 is 14.0 Å². The van der Waals surface area contributed by atoms with Crippen LogP contribution in [0.5, 0.6) is 0 Å². The Morgan fingerprint density at radius 2 is 1.87 bits per heavy atom. The van der Waals surface area contributed by atoms with E-state index in [1.54, 1.807) is 18.2 Å². The van der Waals surface area contributed by atoms with Gasteiger partial charge in [-0.1, -0.05) is 54.1 Å². The number of benzene rings is 3. The van der Waals surface area contributed by atoms with Crippen LogP contribution in [0.2, 0.25) is 5.02 Å². The minimum Gasteiger partial charge on any atom is -0.325 e. The molecule has 1 atom stereocenters. The number of hydrogen-bond donors (Lipinski definition) is 1. The molecule has 0 spiro atoms. The lowest BCUT2D eigenvalue weighted by molar-refractivity contribution is -0.113. The second-order valence-electron chi connectivity index (χ2n) is 6.75. The number of hydrogen-bond acceptors (Lipinski definition) is 4. The molecular weight excluding hydrogens is 435 g/mol. The molecule has 0 heterocycles. The lowest BCUT2D eigenvalue weighted by atomic mass is 9.92. The van der Waals surface area contributed by atoms with E-state index in [2.05, 4.69) is 11.4 Å². The Bertz CT molecular complexity index is 1160. The van der Waals surface area contributed by atoms with Crippen molar-refractivity contribution in [1.29, 1.82) is 5.26 Å². The molecule has 0 aliphatic rings. The highest BCUT2D eigenvalue weighted by Crippen LogP contribution is 2.32. The van der Waals surface area contributed by atoms with E-state index in [4.69, 9.17) is 11.6 Å². The van der Waals surface area contributed by atoms with E-state index in [1.165, 1.54) is 25.1 Å². The van der Waals surface area contributed by atoms with E-state index in [1.807, 2.05) is 30.3 Å². The second kappa shape index (κ2) is 10.3. The van der Waals surface area contributed by atoms with Crippen LogP contribution in [-0.4, -0.2) is 17.4 Å². The van der Waals surface area contributed by atoms with Crippen molar-refractivity contribution in [2.75, 3.05) is 11.1 Å². The number of thioether (sulfide) groups is 1. The molecule has 0 aromatic heterocycles. The highest BCUT2D eigenvalue weighted by molar-refractivity contribution is 8.00. The van der Waals surface area contributed by atoms with Gasteiger partial charge in [0.1, 0.15) is 5.82 Å². The quantitative estimate of drug-likeness (QED) is 0.349. The zero-order valence-corrected chi connectivity index (χ0v) is 18.1. The van der Waals surface area contributed by atoms with E-state index in [9.17, 15) is 19.2 Å². The van der Waals surface area contributed by atoms with Crippen LogP contribution in [-0.2, 0) is 4.79 Å². The molecule has 1 N–H and O–H groups in total. The van der Waals surface area contributed by atoms with Gasteiger partial charge in [-0.3, -0.25) is 9.59 Å². The largest absolute Gasteiger partial charge is 0.325 e. The molecule has 3 aromatic rings. The summed E-state index contributed by atoms with van der Waals surface area (Å²) in [4.78, 5) is 23.9. The van der Waals surface area contributed by atoms with Gasteiger partial charge in [0.05, 0.1) is 17.7 Å². The first-order valence-corrected chi connectivity index (χ1v) is 10.7. The number of nitriles is 1. The third kappa shape index (κ3) is 5.72. The third-order valence-corrected chi connectivity index (χ3v) is 5.93. The molecule has 0 aliphatic heterocycles. The van der Waals surface area contributed by atoms with Gasteiger partial charge < -0.3 is 5.32 Å². The molecule has 1 amide bonds. The van der Waals surface area contributed by atoms with Crippen LogP contribution in [0.25, 0.3) is 0 Å². The van der Waals surface area contributed by atoms with Crippen molar-refractivity contribution >= 4 is 40.7 Å². The van der Waals surface area contributed by atoms with Crippen molar-refractivity contribution in [3.05, 3.63) is 94.3 Å². The fourth-order valence-electron chi connectivity index (χ4n) is 2.99. The number of Topliss-reactive ketones (excluding diaryl/α,β-unsaturated/α-hetero) is 1. The van der Waals surface area contributed by atoms with Crippen molar-refractivity contribution in [2.24, 2.45) is 0 Å². The van der Waals surface area contributed by atoms with Gasteiger partial charge in [0.15, 0.2) is 5.78 Å². The molecule has 3 rings (SSSR count). The van der Waals surface area contributed by atoms with Crippen molar-refractivity contribution in [1.82, 2.24) is 0 Å². The molecule has 7 heteroatoms. The summed E-state index contributed by atoms with van der Waals surface area (Å²) in [5, 5.41) is 12.7. The maximum Gasteiger partial charge on any atom is 0.234 e. The van der Waals surface area contributed by atoms with Crippen molar-refractivity contribution in [2.45, 2.75) is 17.7 Å². The van der Waals surface area contributed by atoms with Crippen molar-refractivity contribution in [3.63, 3.8) is 0 Å². The maximum absolute atomic E-state index is 14.1. The normalized spacial score (nSPS) is 11.4. The summed E-state index contributed by atoms with van der Waals surface area (Å²) in [6.07, 6.45) is 0. The predicted molar refractivity (Wildman–Crippen MR) is 121 cm³/mol. The highest BCUT2D eigenvalue weighted by Gasteiger charge is 2.17. The van der Waals surface area contributed by atoms with Gasteiger partial charge in [0.25, 0.3) is 0 Å². The molecule has 4 nitrogen and oxygen atoms in total. The molecular formula is C24H18ClFN2O2S. The molecule has 1 unspecified atom stereocenters. The number of nitrogens with one attached hydrogen (secondary N) is 1. The number of carbonyl (C=O) groups excluding carboxylic acids is 2. The average molecular weight is 453 g/mol. The molecule has 0 saturated heterocycles. The molecule has 0 saturated carbocycles. The minimum atomic E-state index is -0.540. The van der Waals surface area contributed by atoms with E-state index >= 15 is 0 Å². The summed E-state index contributed by atoms with van der Waals surface area (Å²) in [5.74, 6) is -1.62.